The van der Waals surface area contributed by atoms with E-state index in [2.05, 4.69) is 20.4 Å². The summed E-state index contributed by atoms with van der Waals surface area (Å²) >= 11 is 1.53. The van der Waals surface area contributed by atoms with Crippen molar-refractivity contribution in [1.29, 1.82) is 0 Å². The highest BCUT2D eigenvalue weighted by Crippen LogP contribution is 2.28. The summed E-state index contributed by atoms with van der Waals surface area (Å²) in [5.41, 5.74) is 9.39. The molecule has 0 aliphatic rings. The second-order valence-electron chi connectivity index (χ2n) is 7.03. The summed E-state index contributed by atoms with van der Waals surface area (Å²) in [4.78, 5) is 23.3. The number of rotatable bonds is 5. The van der Waals surface area contributed by atoms with Gasteiger partial charge in [0.1, 0.15) is 22.7 Å². The average molecular weight is 444 g/mol. The zero-order valence-corrected chi connectivity index (χ0v) is 17.5. The molecule has 0 saturated heterocycles. The van der Waals surface area contributed by atoms with Crippen molar-refractivity contribution in [2.45, 2.75) is 6.54 Å². The lowest BCUT2D eigenvalue weighted by Gasteiger charge is -2.05. The molecule has 0 atom stereocenters. The average Bonchev–Trinajstić information content (AvgIpc) is 3.41. The molecule has 32 heavy (non-hydrogen) atoms. The molecule has 0 spiro atoms. The van der Waals surface area contributed by atoms with Crippen molar-refractivity contribution in [3.05, 3.63) is 87.9 Å². The molecule has 0 fully saturated rings. The number of aromatic nitrogens is 3. The fourth-order valence-corrected chi connectivity index (χ4v) is 3.92. The smallest absolute Gasteiger partial charge is 0.257 e. The summed E-state index contributed by atoms with van der Waals surface area (Å²) in [6, 6.07) is 17.1. The van der Waals surface area contributed by atoms with E-state index in [9.17, 15) is 9.18 Å². The molecule has 0 bridgehead atoms. The Labute approximate surface area is 186 Å². The minimum Gasteiger partial charge on any atom is -0.383 e. The van der Waals surface area contributed by atoms with E-state index in [-0.39, 0.29) is 23.7 Å². The maximum absolute atomic E-state index is 13.1. The first kappa shape index (κ1) is 19.8. The van der Waals surface area contributed by atoms with E-state index in [1.807, 2.05) is 41.8 Å². The quantitative estimate of drug-likeness (QED) is 0.397. The summed E-state index contributed by atoms with van der Waals surface area (Å²) in [6.45, 7) is 0.213. The van der Waals surface area contributed by atoms with Gasteiger partial charge >= 0.3 is 0 Å². The number of nitrogens with one attached hydrogen (secondary N) is 1. The van der Waals surface area contributed by atoms with Gasteiger partial charge < -0.3 is 11.1 Å². The van der Waals surface area contributed by atoms with Gasteiger partial charge in [0, 0.05) is 11.4 Å². The van der Waals surface area contributed by atoms with Crippen molar-refractivity contribution in [3.63, 3.8) is 0 Å². The number of nitrogens with two attached hydrogens (primary N) is 1. The van der Waals surface area contributed by atoms with Crippen LogP contribution < -0.4 is 11.1 Å². The molecule has 0 radical (unpaired) electrons. The number of carbonyl (C=O) groups excluding carboxylic acids is 1. The topological polar surface area (TPSA) is 98.2 Å². The summed E-state index contributed by atoms with van der Waals surface area (Å²) in [6.07, 6.45) is 1.66. The Kier molecular flexibility index (Phi) is 5.08. The predicted octanol–water partition coefficient (Wildman–Crippen LogP) is 4.18. The maximum Gasteiger partial charge on any atom is 0.257 e. The van der Waals surface area contributed by atoms with Crippen LogP contribution in [0.25, 0.3) is 22.2 Å². The van der Waals surface area contributed by atoms with E-state index in [1.54, 1.807) is 18.3 Å². The molecule has 2 aromatic carbocycles. The fourth-order valence-electron chi connectivity index (χ4n) is 3.34. The number of anilines is 1. The third-order valence-corrected chi connectivity index (χ3v) is 5.72. The van der Waals surface area contributed by atoms with E-state index in [0.717, 1.165) is 10.4 Å². The van der Waals surface area contributed by atoms with Gasteiger partial charge in [0.25, 0.3) is 5.91 Å². The lowest BCUT2D eigenvalue weighted by Crippen LogP contribution is -2.23. The number of para-hydroxylation sites is 2. The van der Waals surface area contributed by atoms with Crippen LogP contribution in [0.5, 0.6) is 0 Å². The van der Waals surface area contributed by atoms with Gasteiger partial charge in [-0.2, -0.15) is 9.78 Å². The van der Waals surface area contributed by atoms with Crippen LogP contribution in [0, 0.1) is 5.82 Å². The molecule has 5 rings (SSSR count). The third-order valence-electron chi connectivity index (χ3n) is 4.91. The zero-order valence-electron chi connectivity index (χ0n) is 16.7. The minimum atomic E-state index is -0.411. The lowest BCUT2D eigenvalue weighted by atomic mass is 10.2. The van der Waals surface area contributed by atoms with E-state index < -0.39 is 5.91 Å². The third kappa shape index (κ3) is 3.69. The number of benzene rings is 2. The monoisotopic (exact) mass is 444 g/mol. The Morgan fingerprint density at radius 2 is 1.84 bits per heavy atom. The molecule has 0 saturated carbocycles. The van der Waals surface area contributed by atoms with Crippen LogP contribution >= 0.6 is 11.3 Å². The predicted molar refractivity (Wildman–Crippen MR) is 124 cm³/mol. The van der Waals surface area contributed by atoms with Crippen molar-refractivity contribution >= 4 is 51.5 Å². The number of nitrogen functional groups attached to an aromatic ring is 1. The molecule has 1 amide bonds. The normalized spacial score (nSPS) is 11.5. The Morgan fingerprint density at radius 3 is 2.56 bits per heavy atom. The van der Waals surface area contributed by atoms with Crippen LogP contribution in [0.3, 0.4) is 0 Å². The number of nitrogens with zero attached hydrogens (tertiary/aromatic N) is 4. The van der Waals surface area contributed by atoms with Crippen LogP contribution in [-0.2, 0) is 6.54 Å². The van der Waals surface area contributed by atoms with Gasteiger partial charge in [-0.25, -0.2) is 14.4 Å². The van der Waals surface area contributed by atoms with E-state index in [0.29, 0.717) is 22.2 Å². The van der Waals surface area contributed by atoms with Crippen LogP contribution in [0.2, 0.25) is 0 Å². The number of thiophene rings is 1. The number of fused-ring (bicyclic) bond motifs is 2. The lowest BCUT2D eigenvalue weighted by molar-refractivity contribution is 0.0953. The molecule has 3 N–H and O–H groups in total. The summed E-state index contributed by atoms with van der Waals surface area (Å²) < 4.78 is 14.6. The van der Waals surface area contributed by atoms with Gasteiger partial charge in [-0.15, -0.1) is 11.3 Å². The van der Waals surface area contributed by atoms with Crippen molar-refractivity contribution in [2.75, 3.05) is 5.73 Å². The van der Waals surface area contributed by atoms with Crippen LogP contribution in [0.15, 0.2) is 71.1 Å². The molecule has 158 valence electrons. The van der Waals surface area contributed by atoms with Gasteiger partial charge in [0.15, 0.2) is 5.65 Å². The first-order valence-electron chi connectivity index (χ1n) is 9.77. The van der Waals surface area contributed by atoms with Gasteiger partial charge in [0.2, 0.25) is 0 Å². The highest BCUT2D eigenvalue weighted by Gasteiger charge is 2.24. The minimum absolute atomic E-state index is 0.139. The Balaban J connectivity index is 1.58. The number of halogens is 1. The molecule has 0 aliphatic heterocycles. The highest BCUT2D eigenvalue weighted by molar-refractivity contribution is 7.11. The second kappa shape index (κ2) is 8.20. The number of hydrogen-bond donors (Lipinski definition) is 2. The second-order valence-corrected chi connectivity index (χ2v) is 8.00. The fraction of sp³-hybridized carbons (Fsp3) is 0.0435. The van der Waals surface area contributed by atoms with E-state index in [1.165, 1.54) is 28.1 Å². The largest absolute Gasteiger partial charge is 0.383 e. The molecule has 7 nitrogen and oxygen atoms in total. The van der Waals surface area contributed by atoms with Gasteiger partial charge in [0.05, 0.1) is 17.2 Å². The van der Waals surface area contributed by atoms with Crippen molar-refractivity contribution in [3.8, 4) is 0 Å². The Morgan fingerprint density at radius 1 is 1.09 bits per heavy atom. The van der Waals surface area contributed by atoms with Crippen LogP contribution in [0.1, 0.15) is 20.8 Å². The first-order chi connectivity index (χ1) is 15.6. The highest BCUT2D eigenvalue weighted by atomic mass is 32.1. The Hall–Kier alpha value is -4.11. The molecule has 9 heteroatoms. The Bertz CT molecular complexity index is 1460. The van der Waals surface area contributed by atoms with Gasteiger partial charge in [-0.05, 0) is 41.3 Å². The van der Waals surface area contributed by atoms with Gasteiger partial charge in [-0.1, -0.05) is 30.3 Å². The molecule has 0 unspecified atom stereocenters. The van der Waals surface area contributed by atoms with E-state index in [4.69, 9.17) is 5.73 Å². The standard InChI is InChI=1S/C23H17FN6OS/c24-15-9-7-14(8-10-15)12-26-23(31)19-20-22(29-18-6-2-1-5-17(18)28-20)30(21(19)25)27-13-16-4-3-11-32-16/h1-11,13H,12,25H2,(H,26,31)/b27-13-. The van der Waals surface area contributed by atoms with Crippen molar-refractivity contribution in [2.24, 2.45) is 5.10 Å². The van der Waals surface area contributed by atoms with Crippen molar-refractivity contribution < 1.29 is 9.18 Å². The first-order valence-corrected chi connectivity index (χ1v) is 10.7. The molecule has 5 aromatic rings. The molecular weight excluding hydrogens is 427 g/mol. The SMILES string of the molecule is Nc1c(C(=O)NCc2ccc(F)cc2)c2nc3ccccc3nc2n1/N=C\c1cccs1. The van der Waals surface area contributed by atoms with Crippen LogP contribution in [0.4, 0.5) is 10.2 Å². The molecular formula is C23H17FN6OS. The zero-order chi connectivity index (χ0) is 22.1. The number of carbonyl (C=O) groups is 1. The molecule has 3 aromatic heterocycles. The molecule has 0 aliphatic carbocycles. The van der Waals surface area contributed by atoms with Crippen molar-refractivity contribution in [1.82, 2.24) is 20.0 Å². The maximum atomic E-state index is 13.1. The van der Waals surface area contributed by atoms with E-state index >= 15 is 0 Å². The molecule has 3 heterocycles. The van der Waals surface area contributed by atoms with Crippen LogP contribution in [-0.4, -0.2) is 26.8 Å². The number of hydrogen-bond acceptors (Lipinski definition) is 6. The summed E-state index contributed by atoms with van der Waals surface area (Å²) in [5.74, 6) is -0.607. The van der Waals surface area contributed by atoms with Gasteiger partial charge in [-0.3, -0.25) is 4.79 Å². The summed E-state index contributed by atoms with van der Waals surface area (Å²) in [7, 11) is 0. The number of amides is 1. The summed E-state index contributed by atoms with van der Waals surface area (Å²) in [5, 5.41) is 9.24.